The van der Waals surface area contributed by atoms with Crippen molar-refractivity contribution in [2.24, 2.45) is 0 Å². The van der Waals surface area contributed by atoms with Crippen LogP contribution in [0.2, 0.25) is 0 Å². The highest BCUT2D eigenvalue weighted by molar-refractivity contribution is 6.03. The van der Waals surface area contributed by atoms with Gasteiger partial charge in [-0.2, -0.15) is 0 Å². The Morgan fingerprint density at radius 3 is 2.19 bits per heavy atom. The molecule has 0 atom stereocenters. The van der Waals surface area contributed by atoms with Gasteiger partial charge in [0.25, 0.3) is 5.91 Å². The molecule has 0 aliphatic heterocycles. The lowest BCUT2D eigenvalue weighted by atomic mass is 10.1. The molecule has 5 heteroatoms. The summed E-state index contributed by atoms with van der Waals surface area (Å²) in [7, 11) is 0. The van der Waals surface area contributed by atoms with Gasteiger partial charge in [0.05, 0.1) is 0 Å². The van der Waals surface area contributed by atoms with Gasteiger partial charge in [-0.25, -0.2) is 9.97 Å². The summed E-state index contributed by atoms with van der Waals surface area (Å²) in [4.78, 5) is 21.2. The summed E-state index contributed by atoms with van der Waals surface area (Å²) in [5, 5.41) is 6.11. The van der Waals surface area contributed by atoms with Crippen LogP contribution >= 0.6 is 0 Å². The Labute approximate surface area is 153 Å². The van der Waals surface area contributed by atoms with Gasteiger partial charge in [-0.3, -0.25) is 4.79 Å². The molecule has 0 saturated heterocycles. The summed E-state index contributed by atoms with van der Waals surface area (Å²) in [6.45, 7) is 7.86. The van der Waals surface area contributed by atoms with Crippen molar-refractivity contribution in [3.63, 3.8) is 0 Å². The van der Waals surface area contributed by atoms with E-state index in [4.69, 9.17) is 0 Å². The third-order valence-corrected chi connectivity index (χ3v) is 4.16. The molecule has 2 aromatic carbocycles. The number of carbonyl (C=O) groups is 1. The first kappa shape index (κ1) is 17.6. The zero-order valence-corrected chi connectivity index (χ0v) is 15.4. The third-order valence-electron chi connectivity index (χ3n) is 4.16. The van der Waals surface area contributed by atoms with Crippen molar-refractivity contribution in [2.75, 3.05) is 10.6 Å². The van der Waals surface area contributed by atoms with Crippen molar-refractivity contribution in [3.8, 4) is 0 Å². The zero-order valence-electron chi connectivity index (χ0n) is 15.4. The maximum Gasteiger partial charge on any atom is 0.274 e. The number of hydrogen-bond donors (Lipinski definition) is 2. The van der Waals surface area contributed by atoms with Crippen LogP contribution in [-0.2, 0) is 0 Å². The van der Waals surface area contributed by atoms with E-state index in [0.717, 1.165) is 16.9 Å². The van der Waals surface area contributed by atoms with Gasteiger partial charge in [0.2, 0.25) is 0 Å². The molecule has 0 aliphatic carbocycles. The molecule has 0 saturated carbocycles. The van der Waals surface area contributed by atoms with Gasteiger partial charge in [-0.05, 0) is 63.1 Å². The van der Waals surface area contributed by atoms with Crippen molar-refractivity contribution in [1.29, 1.82) is 0 Å². The number of amides is 1. The maximum absolute atomic E-state index is 12.6. The summed E-state index contributed by atoms with van der Waals surface area (Å²) in [6.07, 6.45) is 0. The second kappa shape index (κ2) is 7.35. The van der Waals surface area contributed by atoms with Crippen LogP contribution in [0, 0.1) is 27.7 Å². The first-order valence-electron chi connectivity index (χ1n) is 8.49. The van der Waals surface area contributed by atoms with Crippen molar-refractivity contribution >= 4 is 23.1 Å². The molecule has 1 heterocycles. The topological polar surface area (TPSA) is 66.9 Å². The fourth-order valence-corrected chi connectivity index (χ4v) is 2.55. The quantitative estimate of drug-likeness (QED) is 0.718. The van der Waals surface area contributed by atoms with Crippen LogP contribution in [0.15, 0.2) is 48.5 Å². The third kappa shape index (κ3) is 4.25. The highest BCUT2D eigenvalue weighted by Gasteiger charge is 2.11. The molecular formula is C21H22N4O. The molecule has 5 nitrogen and oxygen atoms in total. The number of rotatable bonds is 4. The fourth-order valence-electron chi connectivity index (χ4n) is 2.55. The second-order valence-electron chi connectivity index (χ2n) is 6.43. The van der Waals surface area contributed by atoms with E-state index in [0.29, 0.717) is 17.3 Å². The molecule has 0 spiro atoms. The first-order valence-corrected chi connectivity index (χ1v) is 8.49. The van der Waals surface area contributed by atoms with Crippen LogP contribution in [0.3, 0.4) is 0 Å². The number of aryl methyl sites for hydroxylation is 4. The van der Waals surface area contributed by atoms with E-state index in [1.807, 2.05) is 63.2 Å². The zero-order chi connectivity index (χ0) is 18.7. The maximum atomic E-state index is 12.6. The Hall–Kier alpha value is -3.21. The predicted octanol–water partition coefficient (Wildman–Crippen LogP) is 4.71. The van der Waals surface area contributed by atoms with Crippen LogP contribution in [0.25, 0.3) is 0 Å². The number of nitrogens with one attached hydrogen (secondary N) is 2. The minimum atomic E-state index is -0.259. The van der Waals surface area contributed by atoms with E-state index >= 15 is 0 Å². The van der Waals surface area contributed by atoms with Crippen LogP contribution in [-0.4, -0.2) is 15.9 Å². The molecule has 2 N–H and O–H groups in total. The molecule has 1 aromatic heterocycles. The molecule has 26 heavy (non-hydrogen) atoms. The molecule has 1 amide bonds. The number of benzene rings is 2. The molecule has 0 fully saturated rings. The Morgan fingerprint density at radius 2 is 1.50 bits per heavy atom. The van der Waals surface area contributed by atoms with Gasteiger partial charge in [-0.15, -0.1) is 0 Å². The smallest absolute Gasteiger partial charge is 0.274 e. The molecule has 0 unspecified atom stereocenters. The summed E-state index contributed by atoms with van der Waals surface area (Å²) in [5.41, 5.74) is 5.48. The van der Waals surface area contributed by atoms with Crippen LogP contribution in [0.1, 0.15) is 33.0 Å². The van der Waals surface area contributed by atoms with Crippen molar-refractivity contribution < 1.29 is 4.79 Å². The van der Waals surface area contributed by atoms with Crippen molar-refractivity contribution in [2.45, 2.75) is 27.7 Å². The molecule has 3 rings (SSSR count). The largest absolute Gasteiger partial charge is 0.340 e. The van der Waals surface area contributed by atoms with Crippen LogP contribution in [0.4, 0.5) is 17.2 Å². The molecule has 0 radical (unpaired) electrons. The SMILES string of the molecule is Cc1ccc(Nc2cc(C(=O)Nc3ccc(C)c(C)c3)nc(C)n2)cc1. The number of anilines is 3. The predicted molar refractivity (Wildman–Crippen MR) is 105 cm³/mol. The molecular weight excluding hydrogens is 324 g/mol. The normalized spacial score (nSPS) is 10.5. The lowest BCUT2D eigenvalue weighted by molar-refractivity contribution is 0.102. The van der Waals surface area contributed by atoms with Gasteiger partial charge < -0.3 is 10.6 Å². The van der Waals surface area contributed by atoms with Crippen molar-refractivity contribution in [1.82, 2.24) is 9.97 Å². The lowest BCUT2D eigenvalue weighted by Crippen LogP contribution is -2.15. The summed E-state index contributed by atoms with van der Waals surface area (Å²) < 4.78 is 0. The standard InChI is InChI=1S/C21H22N4O/c1-13-5-8-17(9-6-13)24-20-12-19(22-16(4)23-20)21(26)25-18-10-7-14(2)15(3)11-18/h5-12H,1-4H3,(H,25,26)(H,22,23,24). The van der Waals surface area contributed by atoms with Gasteiger partial charge in [0.1, 0.15) is 17.3 Å². The van der Waals surface area contributed by atoms with Gasteiger partial charge in [0, 0.05) is 17.4 Å². The Kier molecular flexibility index (Phi) is 4.98. The van der Waals surface area contributed by atoms with E-state index < -0.39 is 0 Å². The number of nitrogens with zero attached hydrogens (tertiary/aromatic N) is 2. The van der Waals surface area contributed by atoms with Crippen molar-refractivity contribution in [3.05, 3.63) is 76.7 Å². The molecule has 132 valence electrons. The van der Waals surface area contributed by atoms with Gasteiger partial charge >= 0.3 is 0 Å². The Balaban J connectivity index is 1.80. The lowest BCUT2D eigenvalue weighted by Gasteiger charge is -2.10. The van der Waals surface area contributed by atoms with Crippen LogP contribution in [0.5, 0.6) is 0 Å². The van der Waals surface area contributed by atoms with Crippen LogP contribution < -0.4 is 10.6 Å². The molecule has 0 aliphatic rings. The Bertz CT molecular complexity index is 949. The molecule has 0 bridgehead atoms. The minimum absolute atomic E-state index is 0.259. The number of carbonyl (C=O) groups excluding carboxylic acids is 1. The van der Waals surface area contributed by atoms with E-state index in [1.54, 1.807) is 13.0 Å². The van der Waals surface area contributed by atoms with E-state index in [9.17, 15) is 4.79 Å². The summed E-state index contributed by atoms with van der Waals surface area (Å²) in [5.74, 6) is 0.865. The van der Waals surface area contributed by atoms with E-state index in [1.165, 1.54) is 11.1 Å². The number of hydrogen-bond acceptors (Lipinski definition) is 4. The van der Waals surface area contributed by atoms with Gasteiger partial charge in [-0.1, -0.05) is 23.8 Å². The first-order chi connectivity index (χ1) is 12.4. The number of aromatic nitrogens is 2. The van der Waals surface area contributed by atoms with Gasteiger partial charge in [0.15, 0.2) is 0 Å². The minimum Gasteiger partial charge on any atom is -0.340 e. The van der Waals surface area contributed by atoms with E-state index in [2.05, 4.69) is 20.6 Å². The monoisotopic (exact) mass is 346 g/mol. The molecule has 3 aromatic rings. The van der Waals surface area contributed by atoms with E-state index in [-0.39, 0.29) is 5.91 Å². The average Bonchev–Trinajstić information content (AvgIpc) is 2.60. The fraction of sp³-hybridized carbons (Fsp3) is 0.190. The summed E-state index contributed by atoms with van der Waals surface area (Å²) >= 11 is 0. The highest BCUT2D eigenvalue weighted by Crippen LogP contribution is 2.18. The second-order valence-corrected chi connectivity index (χ2v) is 6.43. The average molecular weight is 346 g/mol. The summed E-state index contributed by atoms with van der Waals surface area (Å²) in [6, 6.07) is 15.5. The Morgan fingerprint density at radius 1 is 0.808 bits per heavy atom. The highest BCUT2D eigenvalue weighted by atomic mass is 16.1.